The van der Waals surface area contributed by atoms with Crippen molar-refractivity contribution in [3.05, 3.63) is 63.0 Å². The maximum atomic E-state index is 13.5. The number of halogens is 4. The topological polar surface area (TPSA) is 82.5 Å². The fourth-order valence-electron chi connectivity index (χ4n) is 5.43. The molecule has 0 radical (unpaired) electrons. The van der Waals surface area contributed by atoms with Crippen molar-refractivity contribution in [2.45, 2.75) is 78.1 Å². The third-order valence-electron chi connectivity index (χ3n) is 7.47. The highest BCUT2D eigenvalue weighted by Gasteiger charge is 2.42. The average molecular weight is 670 g/mol. The van der Waals surface area contributed by atoms with E-state index in [2.05, 4.69) is 67.7 Å². The third-order valence-corrected chi connectivity index (χ3v) is 8.60. The van der Waals surface area contributed by atoms with Gasteiger partial charge in [0, 0.05) is 18.5 Å². The van der Waals surface area contributed by atoms with Crippen molar-refractivity contribution in [1.29, 1.82) is 0 Å². The van der Waals surface area contributed by atoms with Crippen LogP contribution in [0.3, 0.4) is 0 Å². The van der Waals surface area contributed by atoms with Crippen molar-refractivity contribution in [3.8, 4) is 0 Å². The van der Waals surface area contributed by atoms with Crippen molar-refractivity contribution < 1.29 is 18.0 Å². The molecule has 1 fully saturated rings. The predicted octanol–water partition coefficient (Wildman–Crippen LogP) is 7.96. The van der Waals surface area contributed by atoms with E-state index in [1.807, 2.05) is 20.9 Å². The van der Waals surface area contributed by atoms with E-state index >= 15 is 0 Å². The van der Waals surface area contributed by atoms with Gasteiger partial charge in [-0.3, -0.25) is 14.5 Å². The molecule has 2 N–H and O–H groups in total. The van der Waals surface area contributed by atoms with Gasteiger partial charge in [-0.25, -0.2) is 9.97 Å². The molecule has 1 saturated heterocycles. The Morgan fingerprint density at radius 3 is 2.67 bits per heavy atom. The van der Waals surface area contributed by atoms with Crippen molar-refractivity contribution in [2.75, 3.05) is 18.5 Å². The van der Waals surface area contributed by atoms with Crippen molar-refractivity contribution in [2.24, 2.45) is 16.8 Å². The van der Waals surface area contributed by atoms with Crippen LogP contribution >= 0.6 is 27.9 Å². The summed E-state index contributed by atoms with van der Waals surface area (Å²) in [5, 5.41) is 4.22. The first-order valence-electron chi connectivity index (χ1n) is 14.2. The second kappa shape index (κ2) is 14.8. The number of alkyl halides is 3. The van der Waals surface area contributed by atoms with Crippen LogP contribution in [-0.2, 0) is 6.18 Å². The van der Waals surface area contributed by atoms with Gasteiger partial charge in [0.1, 0.15) is 22.0 Å². The lowest BCUT2D eigenvalue weighted by Gasteiger charge is -2.33. The summed E-state index contributed by atoms with van der Waals surface area (Å²) in [5.74, 6) is 1.68. The highest BCUT2D eigenvalue weighted by atomic mass is 79.9. The predicted molar refractivity (Wildman–Crippen MR) is 169 cm³/mol. The number of pyridine rings is 2. The highest BCUT2D eigenvalue weighted by molar-refractivity contribution is 9.10. The molecule has 12 heteroatoms. The molecule has 2 aromatic rings. The number of aldehydes is 1. The number of amidine groups is 1. The van der Waals surface area contributed by atoms with Crippen molar-refractivity contribution in [1.82, 2.24) is 20.0 Å². The summed E-state index contributed by atoms with van der Waals surface area (Å²) in [6.07, 6.45) is 1.18. The Balaban J connectivity index is 0.00000237. The fraction of sp³-hybridized carbons (Fsp3) is 0.533. The number of carbonyl (C=O) groups excluding carboxylic acids is 1. The Kier molecular flexibility index (Phi) is 12.0. The molecule has 4 rings (SSSR count). The normalized spacial score (nSPS) is 20.7. The van der Waals surface area contributed by atoms with Gasteiger partial charge < -0.3 is 10.2 Å². The zero-order valence-corrected chi connectivity index (χ0v) is 27.3. The molecular weight excluding hydrogens is 629 g/mol. The number of nitrogens with zero attached hydrogens (tertiary/aromatic N) is 4. The largest absolute Gasteiger partial charge is 0.433 e. The Labute approximate surface area is 259 Å². The number of carbonyl (C=O) groups is 1. The highest BCUT2D eigenvalue weighted by Crippen LogP contribution is 2.43. The first kappa shape index (κ1) is 34.1. The lowest BCUT2D eigenvalue weighted by Crippen LogP contribution is -2.39. The molecule has 0 saturated carbocycles. The molecule has 0 spiro atoms. The van der Waals surface area contributed by atoms with Crippen LogP contribution in [0.15, 0.2) is 51.0 Å². The molecule has 0 amide bonds. The van der Waals surface area contributed by atoms with Crippen molar-refractivity contribution >= 4 is 45.8 Å². The van der Waals surface area contributed by atoms with Crippen LogP contribution in [0.25, 0.3) is 0 Å². The van der Waals surface area contributed by atoms with Crippen LogP contribution in [0.5, 0.6) is 0 Å². The summed E-state index contributed by atoms with van der Waals surface area (Å²) in [6, 6.07) is 6.98. The van der Waals surface area contributed by atoms with Gasteiger partial charge in [0.25, 0.3) is 0 Å². The molecule has 42 heavy (non-hydrogen) atoms. The van der Waals surface area contributed by atoms with Crippen LogP contribution in [0.4, 0.5) is 19.0 Å². The maximum Gasteiger partial charge on any atom is 0.433 e. The quantitative estimate of drug-likeness (QED) is 0.159. The van der Waals surface area contributed by atoms with E-state index in [-0.39, 0.29) is 17.4 Å². The smallest absolute Gasteiger partial charge is 0.351 e. The first-order chi connectivity index (χ1) is 19.9. The Morgan fingerprint density at radius 2 is 2.00 bits per heavy atom. The minimum atomic E-state index is -4.54. The number of nitrogens with one attached hydrogen (secondary N) is 2. The Hall–Kier alpha value is -2.44. The molecule has 0 bridgehead atoms. The van der Waals surface area contributed by atoms with Gasteiger partial charge in [-0.2, -0.15) is 13.2 Å². The zero-order chi connectivity index (χ0) is 31.1. The number of anilines is 1. The minimum absolute atomic E-state index is 0.104. The number of aliphatic imine (C=N–C) groups is 1. The molecule has 0 aromatic carbocycles. The van der Waals surface area contributed by atoms with E-state index in [0.717, 1.165) is 36.1 Å². The number of allylic oxidation sites excluding steroid dienone is 1. The summed E-state index contributed by atoms with van der Waals surface area (Å²) in [5.41, 5.74) is -0.357. The maximum absolute atomic E-state index is 13.5. The molecule has 2 aromatic heterocycles. The van der Waals surface area contributed by atoms with Crippen LogP contribution in [0.2, 0.25) is 0 Å². The van der Waals surface area contributed by atoms with Gasteiger partial charge in [0.05, 0.1) is 22.3 Å². The van der Waals surface area contributed by atoms with Crippen molar-refractivity contribution in [3.63, 3.8) is 0 Å². The van der Waals surface area contributed by atoms with E-state index in [1.165, 1.54) is 18.0 Å². The fourth-order valence-corrected chi connectivity index (χ4v) is 6.32. The summed E-state index contributed by atoms with van der Waals surface area (Å²) in [6.45, 7) is 11.0. The van der Waals surface area contributed by atoms with E-state index in [1.54, 1.807) is 18.2 Å². The molecule has 3 unspecified atom stereocenters. The molecule has 4 heterocycles. The van der Waals surface area contributed by atoms with Gasteiger partial charge >= 0.3 is 6.18 Å². The number of hydrogen-bond acceptors (Lipinski definition) is 7. The van der Waals surface area contributed by atoms with E-state index < -0.39 is 17.9 Å². The molecule has 7 nitrogen and oxygen atoms in total. The first-order valence-corrected chi connectivity index (χ1v) is 15.8. The lowest BCUT2D eigenvalue weighted by atomic mass is 9.83. The summed E-state index contributed by atoms with van der Waals surface area (Å²) < 4.78 is 44.3. The average Bonchev–Trinajstić information content (AvgIpc) is 3.28. The molecule has 2 aliphatic heterocycles. The van der Waals surface area contributed by atoms with Gasteiger partial charge in [-0.05, 0) is 104 Å². The summed E-state index contributed by atoms with van der Waals surface area (Å²) >= 11 is 4.86. The number of rotatable bonds is 9. The van der Waals surface area contributed by atoms with Crippen LogP contribution in [-0.4, -0.2) is 41.2 Å². The molecule has 2 aliphatic rings. The minimum Gasteiger partial charge on any atom is -0.351 e. The Morgan fingerprint density at radius 1 is 1.26 bits per heavy atom. The monoisotopic (exact) mass is 668 g/mol. The second-order valence-electron chi connectivity index (χ2n) is 10.8. The van der Waals surface area contributed by atoms with Gasteiger partial charge in [-0.15, -0.1) is 0 Å². The molecule has 0 aliphatic carbocycles. The second-order valence-corrected chi connectivity index (χ2v) is 12.7. The summed E-state index contributed by atoms with van der Waals surface area (Å²) in [4.78, 5) is 27.5. The van der Waals surface area contributed by atoms with Gasteiger partial charge in [0.2, 0.25) is 0 Å². The lowest BCUT2D eigenvalue weighted by molar-refractivity contribution is -0.141. The van der Waals surface area contributed by atoms with E-state index in [9.17, 15) is 18.0 Å². The van der Waals surface area contributed by atoms with Gasteiger partial charge in [-0.1, -0.05) is 32.9 Å². The number of hydrogen-bond donors (Lipinski definition) is 2. The van der Waals surface area contributed by atoms with E-state index in [0.29, 0.717) is 41.1 Å². The standard InChI is InChI=1S/C28H34BrF3N6OS.C2H6/c1-17(19-14-27(2,3)38(15-19)26-18(16-39)11-12-23(29)36-26)13-21(20-7-5-8-22(34-20)28(30,31)32)35-24-9-6-10-25(37-24)40-33-4;1-2/h5,7-8,10-12,16-17,19,21,33H,6,9,13-15H2,1-4H3,(H,35,37);1-2H3. The van der Waals surface area contributed by atoms with Crippen LogP contribution < -0.4 is 14.9 Å². The van der Waals surface area contributed by atoms with Gasteiger partial charge in [0.15, 0.2) is 6.29 Å². The van der Waals surface area contributed by atoms with Crippen LogP contribution in [0, 0.1) is 11.8 Å². The zero-order valence-electron chi connectivity index (χ0n) is 24.9. The summed E-state index contributed by atoms with van der Waals surface area (Å²) in [7, 11) is 1.82. The third kappa shape index (κ3) is 8.57. The molecule has 3 atom stereocenters. The number of aromatic nitrogens is 2. The SMILES string of the molecule is CC.CNSC1=CCCC(=NC(CC(C)C2CN(c3nc(Br)ccc3C=O)C(C)(C)C2)c2cccc(C(F)(F)F)n2)N1. The molecule has 230 valence electrons. The Bertz CT molecular complexity index is 1290. The van der Waals surface area contributed by atoms with E-state index in [4.69, 9.17) is 4.99 Å². The van der Waals surface area contributed by atoms with Crippen LogP contribution in [0.1, 0.15) is 88.1 Å². The molecular formula is C30H40BrF3N6OS.